The molecule has 0 spiro atoms. The van der Waals surface area contributed by atoms with E-state index in [0.717, 1.165) is 24.2 Å². The molecular weight excluding hydrogens is 202 g/mol. The Morgan fingerprint density at radius 1 is 1.38 bits per heavy atom. The van der Waals surface area contributed by atoms with E-state index in [0.29, 0.717) is 12.5 Å². The molecule has 0 unspecified atom stereocenters. The third-order valence-corrected chi connectivity index (χ3v) is 3.10. The third kappa shape index (κ3) is 1.66. The highest BCUT2D eigenvalue weighted by molar-refractivity contribution is 5.89. The molecule has 0 radical (unpaired) electrons. The van der Waals surface area contributed by atoms with Gasteiger partial charge in [-0.2, -0.15) is 0 Å². The van der Waals surface area contributed by atoms with Crippen LogP contribution in [0.4, 0.5) is 0 Å². The molecule has 3 nitrogen and oxygen atoms in total. The van der Waals surface area contributed by atoms with Crippen LogP contribution in [-0.4, -0.2) is 19.6 Å². The van der Waals surface area contributed by atoms with Gasteiger partial charge in [-0.1, -0.05) is 18.2 Å². The fourth-order valence-corrected chi connectivity index (χ4v) is 2.07. The smallest absolute Gasteiger partial charge is 0.191 e. The van der Waals surface area contributed by atoms with Crippen molar-refractivity contribution in [2.75, 3.05) is 13.7 Å². The molecular formula is C13H17NO2. The van der Waals surface area contributed by atoms with Crippen molar-refractivity contribution in [1.82, 2.24) is 0 Å². The van der Waals surface area contributed by atoms with Crippen LogP contribution in [0.25, 0.3) is 0 Å². The van der Waals surface area contributed by atoms with E-state index < -0.39 is 0 Å². The maximum absolute atomic E-state index is 7.99. The van der Waals surface area contributed by atoms with Gasteiger partial charge in [-0.05, 0) is 25.8 Å². The maximum atomic E-state index is 7.99. The van der Waals surface area contributed by atoms with Crippen LogP contribution < -0.4 is 4.74 Å². The standard InChI is InChI=1S/C13H17NO2/c1-3-16-12(14)13(8-9-13)10-6-4-5-7-11(10)15-2/h4-7,14H,3,8-9H2,1-2H3. The summed E-state index contributed by atoms with van der Waals surface area (Å²) in [5.41, 5.74) is 0.860. The van der Waals surface area contributed by atoms with Gasteiger partial charge in [0.25, 0.3) is 0 Å². The topological polar surface area (TPSA) is 42.3 Å². The molecule has 0 aromatic heterocycles. The van der Waals surface area contributed by atoms with E-state index in [9.17, 15) is 0 Å². The average molecular weight is 219 g/mol. The summed E-state index contributed by atoms with van der Waals surface area (Å²) < 4.78 is 10.7. The van der Waals surface area contributed by atoms with Crippen LogP contribution in [0, 0.1) is 5.41 Å². The lowest BCUT2D eigenvalue weighted by atomic mass is 9.95. The van der Waals surface area contributed by atoms with E-state index in [1.165, 1.54) is 0 Å². The molecule has 0 amide bonds. The molecule has 1 aromatic carbocycles. The Balaban J connectivity index is 2.33. The first kappa shape index (κ1) is 11.0. The third-order valence-electron chi connectivity index (χ3n) is 3.10. The molecule has 3 heteroatoms. The number of benzene rings is 1. The van der Waals surface area contributed by atoms with Gasteiger partial charge in [0.05, 0.1) is 19.1 Å². The van der Waals surface area contributed by atoms with Crippen LogP contribution in [0.1, 0.15) is 25.3 Å². The van der Waals surface area contributed by atoms with Crippen LogP contribution in [-0.2, 0) is 10.2 Å². The summed E-state index contributed by atoms with van der Waals surface area (Å²) in [7, 11) is 1.67. The molecule has 1 aliphatic carbocycles. The molecule has 1 saturated carbocycles. The van der Waals surface area contributed by atoms with Crippen molar-refractivity contribution in [1.29, 1.82) is 5.41 Å². The minimum atomic E-state index is -0.220. The molecule has 0 bridgehead atoms. The lowest BCUT2D eigenvalue weighted by Gasteiger charge is -2.19. The normalized spacial score (nSPS) is 16.6. The SMILES string of the molecule is CCOC(=N)C1(c2ccccc2OC)CC1. The molecule has 1 aliphatic rings. The average Bonchev–Trinajstić information content (AvgIpc) is 3.10. The summed E-state index contributed by atoms with van der Waals surface area (Å²) in [6.07, 6.45) is 1.96. The molecule has 1 fully saturated rings. The zero-order valence-electron chi connectivity index (χ0n) is 9.75. The van der Waals surface area contributed by atoms with Gasteiger partial charge in [-0.3, -0.25) is 5.41 Å². The predicted molar refractivity (Wildman–Crippen MR) is 63.3 cm³/mol. The van der Waals surface area contributed by atoms with Gasteiger partial charge in [-0.15, -0.1) is 0 Å². The first-order valence-corrected chi connectivity index (χ1v) is 5.60. The van der Waals surface area contributed by atoms with Gasteiger partial charge in [0.15, 0.2) is 5.90 Å². The summed E-state index contributed by atoms with van der Waals surface area (Å²) >= 11 is 0. The molecule has 0 atom stereocenters. The number of ether oxygens (including phenoxy) is 2. The maximum Gasteiger partial charge on any atom is 0.191 e. The van der Waals surface area contributed by atoms with Crippen molar-refractivity contribution < 1.29 is 9.47 Å². The zero-order chi connectivity index (χ0) is 11.6. The molecule has 0 aliphatic heterocycles. The van der Waals surface area contributed by atoms with Crippen molar-refractivity contribution in [3.8, 4) is 5.75 Å². The van der Waals surface area contributed by atoms with E-state index >= 15 is 0 Å². The predicted octanol–water partition coefficient (Wildman–Crippen LogP) is 2.74. The molecule has 0 saturated heterocycles. The minimum absolute atomic E-state index is 0.220. The lowest BCUT2D eigenvalue weighted by molar-refractivity contribution is 0.303. The fourth-order valence-electron chi connectivity index (χ4n) is 2.07. The fraction of sp³-hybridized carbons (Fsp3) is 0.462. The van der Waals surface area contributed by atoms with Gasteiger partial charge in [0, 0.05) is 5.56 Å². The van der Waals surface area contributed by atoms with E-state index in [-0.39, 0.29) is 5.41 Å². The second-order valence-electron chi connectivity index (χ2n) is 4.04. The highest BCUT2D eigenvalue weighted by Crippen LogP contribution is 2.52. The second kappa shape index (κ2) is 4.16. The monoisotopic (exact) mass is 219 g/mol. The Hall–Kier alpha value is -1.51. The molecule has 2 rings (SSSR count). The number of hydrogen-bond acceptors (Lipinski definition) is 3. The summed E-state index contributed by atoms with van der Waals surface area (Å²) in [6, 6.07) is 7.90. The highest BCUT2D eigenvalue weighted by atomic mass is 16.5. The van der Waals surface area contributed by atoms with E-state index in [4.69, 9.17) is 14.9 Å². The summed E-state index contributed by atoms with van der Waals surface area (Å²) in [4.78, 5) is 0. The minimum Gasteiger partial charge on any atom is -0.496 e. The van der Waals surface area contributed by atoms with E-state index in [1.807, 2.05) is 31.2 Å². The summed E-state index contributed by atoms with van der Waals surface area (Å²) in [5.74, 6) is 1.23. The number of nitrogens with one attached hydrogen (secondary N) is 1. The lowest BCUT2D eigenvalue weighted by Crippen LogP contribution is -2.23. The first-order valence-electron chi connectivity index (χ1n) is 5.60. The van der Waals surface area contributed by atoms with Crippen LogP contribution in [0.2, 0.25) is 0 Å². The highest BCUT2D eigenvalue weighted by Gasteiger charge is 2.51. The van der Waals surface area contributed by atoms with Crippen LogP contribution in [0.3, 0.4) is 0 Å². The largest absolute Gasteiger partial charge is 0.496 e. The van der Waals surface area contributed by atoms with Crippen molar-refractivity contribution in [3.05, 3.63) is 29.8 Å². The first-order chi connectivity index (χ1) is 7.74. The van der Waals surface area contributed by atoms with Crippen LogP contribution in [0.15, 0.2) is 24.3 Å². The Morgan fingerprint density at radius 2 is 2.06 bits per heavy atom. The van der Waals surface area contributed by atoms with Crippen molar-refractivity contribution in [2.24, 2.45) is 0 Å². The zero-order valence-corrected chi connectivity index (χ0v) is 9.75. The van der Waals surface area contributed by atoms with Gasteiger partial charge < -0.3 is 9.47 Å². The number of methoxy groups -OCH3 is 1. The molecule has 1 aromatic rings. The number of hydrogen-bond donors (Lipinski definition) is 1. The number of rotatable bonds is 4. The van der Waals surface area contributed by atoms with Crippen LogP contribution >= 0.6 is 0 Å². The van der Waals surface area contributed by atoms with Gasteiger partial charge in [0.2, 0.25) is 0 Å². The molecule has 1 N–H and O–H groups in total. The summed E-state index contributed by atoms with van der Waals surface area (Å²) in [5, 5.41) is 7.99. The number of para-hydroxylation sites is 1. The van der Waals surface area contributed by atoms with Crippen molar-refractivity contribution in [3.63, 3.8) is 0 Å². The second-order valence-corrected chi connectivity index (χ2v) is 4.04. The van der Waals surface area contributed by atoms with E-state index in [1.54, 1.807) is 7.11 Å². The Morgan fingerprint density at radius 3 is 2.62 bits per heavy atom. The van der Waals surface area contributed by atoms with Gasteiger partial charge >= 0.3 is 0 Å². The molecule has 86 valence electrons. The molecule has 0 heterocycles. The molecule has 16 heavy (non-hydrogen) atoms. The van der Waals surface area contributed by atoms with Gasteiger partial charge in [0.1, 0.15) is 5.75 Å². The Bertz CT molecular complexity index is 397. The van der Waals surface area contributed by atoms with E-state index in [2.05, 4.69) is 0 Å². The Labute approximate surface area is 95.9 Å². The summed E-state index contributed by atoms with van der Waals surface area (Å²) in [6.45, 7) is 2.46. The van der Waals surface area contributed by atoms with Crippen LogP contribution in [0.5, 0.6) is 5.75 Å². The van der Waals surface area contributed by atoms with Gasteiger partial charge in [-0.25, -0.2) is 0 Å². The van der Waals surface area contributed by atoms with Crippen molar-refractivity contribution >= 4 is 5.90 Å². The Kier molecular flexibility index (Phi) is 2.86. The van der Waals surface area contributed by atoms with Crippen molar-refractivity contribution in [2.45, 2.75) is 25.2 Å². The quantitative estimate of drug-likeness (QED) is 0.625.